The van der Waals surface area contributed by atoms with Crippen LogP contribution in [0.15, 0.2) is 0 Å². The number of ether oxygens (including phenoxy) is 1. The minimum absolute atomic E-state index is 0.0176. The van der Waals surface area contributed by atoms with Crippen LogP contribution < -0.4 is 10.0 Å². The van der Waals surface area contributed by atoms with Crippen LogP contribution in [0.1, 0.15) is 20.8 Å². The summed E-state index contributed by atoms with van der Waals surface area (Å²) in [7, 11) is -3.21. The van der Waals surface area contributed by atoms with Gasteiger partial charge in [-0.15, -0.1) is 0 Å². The van der Waals surface area contributed by atoms with E-state index in [1.807, 2.05) is 20.8 Å². The molecular weight excluding hydrogens is 228 g/mol. The lowest BCUT2D eigenvalue weighted by Crippen LogP contribution is -2.41. The highest BCUT2D eigenvalue weighted by Crippen LogP contribution is 2.08. The Morgan fingerprint density at radius 3 is 2.62 bits per heavy atom. The molecule has 5 nitrogen and oxygen atoms in total. The lowest BCUT2D eigenvalue weighted by molar-refractivity contribution is 0.0911. The number of hydrogen-bond acceptors (Lipinski definition) is 4. The van der Waals surface area contributed by atoms with E-state index < -0.39 is 10.0 Å². The standard InChI is InChI=1S/C10H22N2O3S/c1-8(2)15-4-5-16(13,14)12-10-7-11-6-9(10)3/h8-12H,4-7H2,1-3H3. The molecule has 0 bridgehead atoms. The van der Waals surface area contributed by atoms with E-state index in [0.717, 1.165) is 6.54 Å². The SMILES string of the molecule is CC(C)OCCS(=O)(=O)NC1CNCC1C. The lowest BCUT2D eigenvalue weighted by Gasteiger charge is -2.16. The van der Waals surface area contributed by atoms with Crippen LogP contribution in [0.3, 0.4) is 0 Å². The summed E-state index contributed by atoms with van der Waals surface area (Å²) in [5, 5.41) is 3.16. The van der Waals surface area contributed by atoms with Crippen molar-refractivity contribution in [2.45, 2.75) is 32.9 Å². The highest BCUT2D eigenvalue weighted by molar-refractivity contribution is 7.89. The van der Waals surface area contributed by atoms with Crippen molar-refractivity contribution in [3.8, 4) is 0 Å². The molecule has 1 fully saturated rings. The summed E-state index contributed by atoms with van der Waals surface area (Å²) < 4.78 is 31.3. The molecule has 0 aromatic heterocycles. The van der Waals surface area contributed by atoms with Crippen LogP contribution in [0.25, 0.3) is 0 Å². The van der Waals surface area contributed by atoms with E-state index in [-0.39, 0.29) is 24.5 Å². The third-order valence-electron chi connectivity index (χ3n) is 2.65. The van der Waals surface area contributed by atoms with Crippen LogP contribution in [-0.2, 0) is 14.8 Å². The van der Waals surface area contributed by atoms with E-state index in [9.17, 15) is 8.42 Å². The minimum Gasteiger partial charge on any atom is -0.378 e. The van der Waals surface area contributed by atoms with Crippen molar-refractivity contribution >= 4 is 10.0 Å². The van der Waals surface area contributed by atoms with Crippen LogP contribution in [-0.4, -0.2) is 46.0 Å². The highest BCUT2D eigenvalue weighted by Gasteiger charge is 2.26. The smallest absolute Gasteiger partial charge is 0.214 e. The van der Waals surface area contributed by atoms with Gasteiger partial charge in [0.05, 0.1) is 18.5 Å². The number of rotatable bonds is 6. The Kier molecular flexibility index (Phi) is 5.17. The van der Waals surface area contributed by atoms with Gasteiger partial charge in [0.2, 0.25) is 10.0 Å². The van der Waals surface area contributed by atoms with Gasteiger partial charge in [0.15, 0.2) is 0 Å². The summed E-state index contributed by atoms with van der Waals surface area (Å²) in [6.45, 7) is 7.66. The second-order valence-electron chi connectivity index (χ2n) is 4.60. The average Bonchev–Trinajstić information content (AvgIpc) is 2.50. The van der Waals surface area contributed by atoms with Gasteiger partial charge in [0.25, 0.3) is 0 Å². The molecule has 16 heavy (non-hydrogen) atoms. The fourth-order valence-corrected chi connectivity index (χ4v) is 2.86. The van der Waals surface area contributed by atoms with Crippen LogP contribution in [0.4, 0.5) is 0 Å². The summed E-state index contributed by atoms with van der Waals surface area (Å²) in [5.74, 6) is 0.384. The molecule has 1 heterocycles. The van der Waals surface area contributed by atoms with Gasteiger partial charge in [-0.05, 0) is 26.3 Å². The largest absolute Gasteiger partial charge is 0.378 e. The number of hydrogen-bond donors (Lipinski definition) is 2. The lowest BCUT2D eigenvalue weighted by atomic mass is 10.1. The Morgan fingerprint density at radius 1 is 1.44 bits per heavy atom. The molecule has 96 valence electrons. The van der Waals surface area contributed by atoms with Crippen molar-refractivity contribution in [2.75, 3.05) is 25.4 Å². The molecule has 2 atom stereocenters. The van der Waals surface area contributed by atoms with E-state index in [1.54, 1.807) is 0 Å². The maximum Gasteiger partial charge on any atom is 0.214 e. The fraction of sp³-hybridized carbons (Fsp3) is 1.00. The predicted molar refractivity (Wildman–Crippen MR) is 63.8 cm³/mol. The van der Waals surface area contributed by atoms with Gasteiger partial charge in [-0.2, -0.15) is 0 Å². The highest BCUT2D eigenvalue weighted by atomic mass is 32.2. The Balaban J connectivity index is 2.33. The second kappa shape index (κ2) is 5.95. The van der Waals surface area contributed by atoms with E-state index in [0.29, 0.717) is 12.5 Å². The Morgan fingerprint density at radius 2 is 2.12 bits per heavy atom. The van der Waals surface area contributed by atoms with E-state index >= 15 is 0 Å². The fourth-order valence-electron chi connectivity index (χ4n) is 1.65. The third-order valence-corrected chi connectivity index (χ3v) is 4.02. The molecule has 1 rings (SSSR count). The zero-order chi connectivity index (χ0) is 12.2. The zero-order valence-electron chi connectivity index (χ0n) is 10.2. The van der Waals surface area contributed by atoms with Crippen LogP contribution in [0.2, 0.25) is 0 Å². The van der Waals surface area contributed by atoms with Crippen molar-refractivity contribution in [3.63, 3.8) is 0 Å². The van der Waals surface area contributed by atoms with Crippen molar-refractivity contribution in [1.29, 1.82) is 0 Å². The first-order valence-electron chi connectivity index (χ1n) is 5.73. The molecule has 6 heteroatoms. The Labute approximate surface area is 98.0 Å². The molecule has 2 N–H and O–H groups in total. The Bertz CT molecular complexity index is 303. The predicted octanol–water partition coefficient (Wildman–Crippen LogP) is -0.0613. The normalized spacial score (nSPS) is 26.5. The summed E-state index contributed by atoms with van der Waals surface area (Å²) >= 11 is 0. The monoisotopic (exact) mass is 250 g/mol. The Hall–Kier alpha value is -0.170. The van der Waals surface area contributed by atoms with Gasteiger partial charge in [0.1, 0.15) is 0 Å². The van der Waals surface area contributed by atoms with Crippen molar-refractivity contribution < 1.29 is 13.2 Å². The van der Waals surface area contributed by atoms with Crippen LogP contribution in [0, 0.1) is 5.92 Å². The van der Waals surface area contributed by atoms with Gasteiger partial charge in [-0.25, -0.2) is 13.1 Å². The minimum atomic E-state index is -3.21. The summed E-state index contributed by atoms with van der Waals surface area (Å²) in [4.78, 5) is 0. The second-order valence-corrected chi connectivity index (χ2v) is 6.47. The first kappa shape index (κ1) is 13.9. The molecule has 1 saturated heterocycles. The molecule has 0 saturated carbocycles. The quantitative estimate of drug-likeness (QED) is 0.693. The average molecular weight is 250 g/mol. The molecule has 0 amide bonds. The molecule has 0 aromatic carbocycles. The maximum atomic E-state index is 11.7. The molecule has 1 aliphatic rings. The summed E-state index contributed by atoms with van der Waals surface area (Å²) in [6, 6.07) is 0.0176. The molecule has 0 aromatic rings. The van der Waals surface area contributed by atoms with Gasteiger partial charge in [-0.1, -0.05) is 6.92 Å². The number of sulfonamides is 1. The van der Waals surface area contributed by atoms with E-state index in [4.69, 9.17) is 4.74 Å². The van der Waals surface area contributed by atoms with Gasteiger partial charge in [0, 0.05) is 12.6 Å². The van der Waals surface area contributed by atoms with Crippen LogP contribution in [0.5, 0.6) is 0 Å². The first-order chi connectivity index (χ1) is 7.41. The van der Waals surface area contributed by atoms with E-state index in [1.165, 1.54) is 0 Å². The molecule has 0 aliphatic carbocycles. The van der Waals surface area contributed by atoms with E-state index in [2.05, 4.69) is 10.0 Å². The molecule has 1 aliphatic heterocycles. The van der Waals surface area contributed by atoms with Gasteiger partial charge >= 0.3 is 0 Å². The van der Waals surface area contributed by atoms with Crippen LogP contribution >= 0.6 is 0 Å². The molecule has 0 radical (unpaired) electrons. The van der Waals surface area contributed by atoms with Gasteiger partial charge < -0.3 is 10.1 Å². The molecule has 0 spiro atoms. The molecule has 2 unspecified atom stereocenters. The van der Waals surface area contributed by atoms with Gasteiger partial charge in [-0.3, -0.25) is 0 Å². The summed E-state index contributed by atoms with van der Waals surface area (Å²) in [5.41, 5.74) is 0. The summed E-state index contributed by atoms with van der Waals surface area (Å²) in [6.07, 6.45) is 0.0715. The molecular formula is C10H22N2O3S. The number of nitrogens with one attached hydrogen (secondary N) is 2. The topological polar surface area (TPSA) is 67.4 Å². The van der Waals surface area contributed by atoms with Crippen molar-refractivity contribution in [3.05, 3.63) is 0 Å². The zero-order valence-corrected chi connectivity index (χ0v) is 11.0. The maximum absolute atomic E-state index is 11.7. The van der Waals surface area contributed by atoms with Crippen molar-refractivity contribution in [2.24, 2.45) is 5.92 Å². The van der Waals surface area contributed by atoms with Crippen molar-refractivity contribution in [1.82, 2.24) is 10.0 Å². The first-order valence-corrected chi connectivity index (χ1v) is 7.38. The third kappa shape index (κ3) is 4.78.